The quantitative estimate of drug-likeness (QED) is 0.899. The number of amides is 2. The molecule has 0 aromatic heterocycles. The summed E-state index contributed by atoms with van der Waals surface area (Å²) in [4.78, 5) is 22.5. The van der Waals surface area contributed by atoms with Crippen LogP contribution in [0.1, 0.15) is 13.8 Å². The molecule has 23 heavy (non-hydrogen) atoms. The van der Waals surface area contributed by atoms with E-state index in [1.54, 1.807) is 24.3 Å². The van der Waals surface area contributed by atoms with Crippen LogP contribution in [-0.4, -0.2) is 20.2 Å². The highest BCUT2D eigenvalue weighted by atomic mass is 32.2. The van der Waals surface area contributed by atoms with Gasteiger partial charge in [0.2, 0.25) is 21.7 Å². The second-order valence-electron chi connectivity index (χ2n) is 4.86. The summed E-state index contributed by atoms with van der Waals surface area (Å²) < 4.78 is 25.9. The summed E-state index contributed by atoms with van der Waals surface area (Å²) in [5.41, 5.74) is 0.384. The molecule has 2 amide bonds. The van der Waals surface area contributed by atoms with E-state index in [0.29, 0.717) is 0 Å². The molecule has 0 bridgehead atoms. The number of carbonyl (C=O) groups excluding carboxylic acids is 2. The Bertz CT molecular complexity index is 794. The molecule has 0 aliphatic rings. The Morgan fingerprint density at radius 1 is 0.739 bits per heavy atom. The van der Waals surface area contributed by atoms with Crippen LogP contribution in [0.3, 0.4) is 0 Å². The molecule has 120 valence electrons. The summed E-state index contributed by atoms with van der Waals surface area (Å²) in [6, 6.07) is 12.2. The van der Waals surface area contributed by atoms with E-state index in [9.17, 15) is 18.0 Å². The monoisotopic (exact) mass is 332 g/mol. The number of sulfone groups is 1. The standard InChI is InChI=1S/C16H16N2O4S/c1-11(19)17-13-7-3-5-9-15(13)23(21,22)16-10-6-4-8-14(16)18-12(2)20/h3-10H,1-2H3,(H,17,19)(H,18,20). The fraction of sp³-hybridized carbons (Fsp3) is 0.125. The van der Waals surface area contributed by atoms with Crippen LogP contribution in [0.2, 0.25) is 0 Å². The summed E-state index contributed by atoms with van der Waals surface area (Å²) in [5.74, 6) is -0.745. The largest absolute Gasteiger partial charge is 0.325 e. The fourth-order valence-electron chi connectivity index (χ4n) is 2.11. The van der Waals surface area contributed by atoms with Crippen LogP contribution in [0.15, 0.2) is 58.3 Å². The Morgan fingerprint density at radius 2 is 1.09 bits per heavy atom. The van der Waals surface area contributed by atoms with Crippen molar-refractivity contribution in [2.45, 2.75) is 23.6 Å². The van der Waals surface area contributed by atoms with Gasteiger partial charge in [-0.1, -0.05) is 24.3 Å². The molecule has 0 spiro atoms. The minimum atomic E-state index is -3.92. The van der Waals surface area contributed by atoms with Gasteiger partial charge in [-0.15, -0.1) is 0 Å². The minimum Gasteiger partial charge on any atom is -0.325 e. The predicted octanol–water partition coefficient (Wildman–Crippen LogP) is 2.44. The van der Waals surface area contributed by atoms with Crippen LogP contribution in [0.4, 0.5) is 11.4 Å². The lowest BCUT2D eigenvalue weighted by atomic mass is 10.3. The van der Waals surface area contributed by atoms with Crippen LogP contribution >= 0.6 is 0 Å². The van der Waals surface area contributed by atoms with Gasteiger partial charge in [-0.25, -0.2) is 8.42 Å². The van der Waals surface area contributed by atoms with E-state index in [1.165, 1.54) is 38.1 Å². The van der Waals surface area contributed by atoms with Crippen LogP contribution < -0.4 is 10.6 Å². The average molecular weight is 332 g/mol. The van der Waals surface area contributed by atoms with Crippen LogP contribution in [0, 0.1) is 0 Å². The van der Waals surface area contributed by atoms with Gasteiger partial charge < -0.3 is 10.6 Å². The summed E-state index contributed by atoms with van der Waals surface area (Å²) >= 11 is 0. The Morgan fingerprint density at radius 3 is 1.43 bits per heavy atom. The smallest absolute Gasteiger partial charge is 0.221 e. The topological polar surface area (TPSA) is 92.3 Å². The van der Waals surface area contributed by atoms with E-state index in [4.69, 9.17) is 0 Å². The normalized spacial score (nSPS) is 10.9. The number of anilines is 2. The van der Waals surface area contributed by atoms with Crippen molar-refractivity contribution in [2.75, 3.05) is 10.6 Å². The number of benzene rings is 2. The average Bonchev–Trinajstić information content (AvgIpc) is 2.46. The third-order valence-electron chi connectivity index (χ3n) is 2.97. The van der Waals surface area contributed by atoms with E-state index < -0.39 is 9.84 Å². The highest BCUT2D eigenvalue weighted by Crippen LogP contribution is 2.31. The first kappa shape index (κ1) is 16.7. The molecule has 2 aromatic rings. The van der Waals surface area contributed by atoms with Gasteiger partial charge in [-0.05, 0) is 24.3 Å². The van der Waals surface area contributed by atoms with E-state index in [2.05, 4.69) is 10.6 Å². The Hall–Kier alpha value is -2.67. The first-order valence-corrected chi connectivity index (χ1v) is 8.29. The molecule has 0 fully saturated rings. The molecule has 0 aliphatic carbocycles. The summed E-state index contributed by atoms with van der Waals surface area (Å²) in [6.45, 7) is 2.60. The number of nitrogens with one attached hydrogen (secondary N) is 2. The van der Waals surface area contributed by atoms with Crippen molar-refractivity contribution in [2.24, 2.45) is 0 Å². The van der Waals surface area contributed by atoms with Gasteiger partial charge in [-0.2, -0.15) is 0 Å². The molecular weight excluding hydrogens is 316 g/mol. The van der Waals surface area contributed by atoms with Gasteiger partial charge >= 0.3 is 0 Å². The number of hydrogen-bond donors (Lipinski definition) is 2. The van der Waals surface area contributed by atoms with Gasteiger partial charge in [-0.3, -0.25) is 9.59 Å². The van der Waals surface area contributed by atoms with Crippen molar-refractivity contribution in [3.63, 3.8) is 0 Å². The minimum absolute atomic E-state index is 0.0343. The lowest BCUT2D eigenvalue weighted by Crippen LogP contribution is -2.14. The molecule has 0 heterocycles. The molecule has 7 heteroatoms. The third kappa shape index (κ3) is 3.75. The molecule has 2 N–H and O–H groups in total. The van der Waals surface area contributed by atoms with Crippen LogP contribution in [0.25, 0.3) is 0 Å². The van der Waals surface area contributed by atoms with Gasteiger partial charge in [0.1, 0.15) is 0 Å². The number of hydrogen-bond acceptors (Lipinski definition) is 4. The van der Waals surface area contributed by atoms with Crippen molar-refractivity contribution >= 4 is 33.0 Å². The molecule has 0 unspecified atom stereocenters. The molecule has 0 radical (unpaired) electrons. The van der Waals surface area contributed by atoms with E-state index in [1.807, 2.05) is 0 Å². The lowest BCUT2D eigenvalue weighted by Gasteiger charge is -2.14. The van der Waals surface area contributed by atoms with Gasteiger partial charge in [0.05, 0.1) is 21.2 Å². The highest BCUT2D eigenvalue weighted by molar-refractivity contribution is 7.91. The first-order chi connectivity index (χ1) is 10.8. The summed E-state index contributed by atoms with van der Waals surface area (Å²) in [5, 5.41) is 5.01. The molecule has 6 nitrogen and oxygen atoms in total. The van der Waals surface area contributed by atoms with Gasteiger partial charge in [0, 0.05) is 13.8 Å². The Balaban J connectivity index is 2.60. The maximum atomic E-state index is 12.9. The number of para-hydroxylation sites is 2. The zero-order chi connectivity index (χ0) is 17.0. The van der Waals surface area contributed by atoms with Crippen molar-refractivity contribution in [3.05, 3.63) is 48.5 Å². The summed E-state index contributed by atoms with van der Waals surface area (Å²) in [6.07, 6.45) is 0. The maximum Gasteiger partial charge on any atom is 0.221 e. The summed E-state index contributed by atoms with van der Waals surface area (Å²) in [7, 11) is -3.92. The molecule has 0 aliphatic heterocycles. The van der Waals surface area contributed by atoms with E-state index in [0.717, 1.165) is 0 Å². The maximum absolute atomic E-state index is 12.9. The van der Waals surface area contributed by atoms with Gasteiger partial charge in [0.25, 0.3) is 0 Å². The first-order valence-electron chi connectivity index (χ1n) is 6.80. The number of rotatable bonds is 4. The van der Waals surface area contributed by atoms with Crippen molar-refractivity contribution in [1.29, 1.82) is 0 Å². The van der Waals surface area contributed by atoms with Crippen molar-refractivity contribution < 1.29 is 18.0 Å². The third-order valence-corrected chi connectivity index (χ3v) is 4.84. The Kier molecular flexibility index (Phi) is 4.80. The number of carbonyl (C=O) groups is 2. The molecule has 0 saturated carbocycles. The van der Waals surface area contributed by atoms with Crippen molar-refractivity contribution in [3.8, 4) is 0 Å². The lowest BCUT2D eigenvalue weighted by molar-refractivity contribution is -0.115. The second kappa shape index (κ2) is 6.62. The second-order valence-corrected chi connectivity index (χ2v) is 6.74. The predicted molar refractivity (Wildman–Crippen MR) is 86.9 cm³/mol. The van der Waals surface area contributed by atoms with Crippen LogP contribution in [0.5, 0.6) is 0 Å². The zero-order valence-corrected chi connectivity index (χ0v) is 13.5. The molecule has 0 saturated heterocycles. The van der Waals surface area contributed by atoms with Crippen LogP contribution in [-0.2, 0) is 19.4 Å². The van der Waals surface area contributed by atoms with E-state index in [-0.39, 0.29) is 33.0 Å². The molecule has 2 rings (SSSR count). The Labute approximate surface area is 134 Å². The molecular formula is C16H16N2O4S. The van der Waals surface area contributed by atoms with Crippen molar-refractivity contribution in [1.82, 2.24) is 0 Å². The van der Waals surface area contributed by atoms with E-state index >= 15 is 0 Å². The molecule has 2 aromatic carbocycles. The highest BCUT2D eigenvalue weighted by Gasteiger charge is 2.24. The van der Waals surface area contributed by atoms with Gasteiger partial charge in [0.15, 0.2) is 0 Å². The molecule has 0 atom stereocenters. The fourth-order valence-corrected chi connectivity index (χ4v) is 3.68. The zero-order valence-electron chi connectivity index (χ0n) is 12.7. The SMILES string of the molecule is CC(=O)Nc1ccccc1S(=O)(=O)c1ccccc1NC(C)=O.